The number of amides is 1. The van der Waals surface area contributed by atoms with E-state index in [1.165, 1.54) is 0 Å². The third-order valence-corrected chi connectivity index (χ3v) is 3.47. The average Bonchev–Trinajstić information content (AvgIpc) is 2.45. The second-order valence-corrected chi connectivity index (χ2v) is 4.79. The maximum absolute atomic E-state index is 12.2. The summed E-state index contributed by atoms with van der Waals surface area (Å²) < 4.78 is 5.19. The normalized spacial score (nSPS) is 17.0. The van der Waals surface area contributed by atoms with Gasteiger partial charge < -0.3 is 15.8 Å². The van der Waals surface area contributed by atoms with E-state index < -0.39 is 0 Å². The molecule has 0 spiro atoms. The smallest absolute Gasteiger partial charge is 0.258 e. The van der Waals surface area contributed by atoms with Crippen molar-refractivity contribution in [3.8, 4) is 5.75 Å². The summed E-state index contributed by atoms with van der Waals surface area (Å²) in [5, 5.41) is 2.59. The van der Waals surface area contributed by atoms with Gasteiger partial charge in [0, 0.05) is 12.3 Å². The van der Waals surface area contributed by atoms with Gasteiger partial charge >= 0.3 is 0 Å². The van der Waals surface area contributed by atoms with E-state index >= 15 is 0 Å². The van der Waals surface area contributed by atoms with Crippen LogP contribution in [0.2, 0.25) is 0 Å². The molecule has 0 saturated heterocycles. The van der Waals surface area contributed by atoms with Crippen LogP contribution in [0.3, 0.4) is 0 Å². The second kappa shape index (κ2) is 4.93. The predicted octanol–water partition coefficient (Wildman–Crippen LogP) is 0.835. The van der Waals surface area contributed by atoms with Crippen LogP contribution in [0.25, 0.3) is 0 Å². The Morgan fingerprint density at radius 2 is 2.19 bits per heavy atom. The molecule has 0 saturated carbocycles. The zero-order chi connectivity index (χ0) is 15.0. The van der Waals surface area contributed by atoms with Crippen molar-refractivity contribution in [2.75, 3.05) is 18.2 Å². The molecule has 1 amide bonds. The van der Waals surface area contributed by atoms with Crippen LogP contribution in [-0.4, -0.2) is 23.0 Å². The van der Waals surface area contributed by atoms with Crippen molar-refractivity contribution in [3.05, 3.63) is 45.7 Å². The van der Waals surface area contributed by atoms with Gasteiger partial charge in [-0.25, -0.2) is 0 Å². The highest BCUT2D eigenvalue weighted by Gasteiger charge is 2.30. The van der Waals surface area contributed by atoms with E-state index in [1.807, 2.05) is 18.2 Å². The molecule has 0 fully saturated rings. The molecule has 108 valence electrons. The maximum Gasteiger partial charge on any atom is 0.258 e. The molecule has 7 heteroatoms. The quantitative estimate of drug-likeness (QED) is 0.757. The van der Waals surface area contributed by atoms with Crippen LogP contribution in [0.15, 0.2) is 29.1 Å². The third kappa shape index (κ3) is 2.33. The van der Waals surface area contributed by atoms with Crippen molar-refractivity contribution in [1.82, 2.24) is 9.97 Å². The van der Waals surface area contributed by atoms with Gasteiger partial charge in [0.05, 0.1) is 12.7 Å². The van der Waals surface area contributed by atoms with Crippen molar-refractivity contribution >= 4 is 17.7 Å². The number of anilines is 2. The molecule has 1 aromatic carbocycles. The number of aromatic amines is 1. The number of nitrogens with two attached hydrogens (primary N) is 1. The molecule has 1 aromatic heterocycles. The second-order valence-electron chi connectivity index (χ2n) is 4.79. The van der Waals surface area contributed by atoms with E-state index in [1.54, 1.807) is 13.2 Å². The number of fused-ring (bicyclic) bond motifs is 1. The molecule has 2 aromatic rings. The number of carbonyl (C=O) groups excluding carboxylic acids is 1. The lowest BCUT2D eigenvalue weighted by Gasteiger charge is -2.24. The summed E-state index contributed by atoms with van der Waals surface area (Å²) in [6.07, 6.45) is 0.175. The number of aromatic nitrogens is 2. The Hall–Kier alpha value is -2.83. The van der Waals surface area contributed by atoms with E-state index in [0.717, 1.165) is 5.56 Å². The van der Waals surface area contributed by atoms with E-state index in [-0.39, 0.29) is 35.6 Å². The van der Waals surface area contributed by atoms with Gasteiger partial charge in [0.2, 0.25) is 11.9 Å². The molecule has 1 aliphatic heterocycles. The summed E-state index contributed by atoms with van der Waals surface area (Å²) in [4.78, 5) is 30.5. The molecular weight excluding hydrogens is 272 g/mol. The lowest BCUT2D eigenvalue weighted by Crippen LogP contribution is -2.31. The van der Waals surface area contributed by atoms with Gasteiger partial charge in [0.1, 0.15) is 11.6 Å². The minimum atomic E-state index is -0.374. The van der Waals surface area contributed by atoms with Crippen molar-refractivity contribution < 1.29 is 9.53 Å². The number of nitrogens with one attached hydrogen (secondary N) is 2. The number of hydrogen-bond acceptors (Lipinski definition) is 5. The Bertz CT molecular complexity index is 769. The number of carbonyl (C=O) groups is 1. The van der Waals surface area contributed by atoms with Gasteiger partial charge in [-0.1, -0.05) is 12.1 Å². The molecule has 7 nitrogen and oxygen atoms in total. The molecular formula is C14H14N4O3. The van der Waals surface area contributed by atoms with Crippen LogP contribution >= 0.6 is 0 Å². The Balaban J connectivity index is 2.16. The highest BCUT2D eigenvalue weighted by molar-refractivity contribution is 5.94. The van der Waals surface area contributed by atoms with Crippen LogP contribution in [0.1, 0.15) is 23.5 Å². The van der Waals surface area contributed by atoms with Gasteiger partial charge in [-0.15, -0.1) is 0 Å². The largest absolute Gasteiger partial charge is 0.497 e. The molecule has 21 heavy (non-hydrogen) atoms. The van der Waals surface area contributed by atoms with Gasteiger partial charge in [-0.05, 0) is 17.7 Å². The standard InChI is InChI=1S/C14H14N4O3/c1-21-8-4-2-3-7(5-8)9-6-10(19)16-12-11(9)13(20)18-14(15)17-12/h2-5,9H,6H2,1H3,(H4,15,16,17,18,19,20)/t9-/m1/s1. The molecule has 0 bridgehead atoms. The third-order valence-electron chi connectivity index (χ3n) is 3.47. The van der Waals surface area contributed by atoms with E-state index in [9.17, 15) is 9.59 Å². The van der Waals surface area contributed by atoms with Crippen molar-refractivity contribution in [1.29, 1.82) is 0 Å². The molecule has 1 atom stereocenters. The summed E-state index contributed by atoms with van der Waals surface area (Å²) in [5.41, 5.74) is 6.41. The molecule has 4 N–H and O–H groups in total. The first-order chi connectivity index (χ1) is 10.1. The van der Waals surface area contributed by atoms with Gasteiger partial charge in [0.15, 0.2) is 0 Å². The number of hydrogen-bond donors (Lipinski definition) is 3. The first-order valence-corrected chi connectivity index (χ1v) is 6.42. The molecule has 2 heterocycles. The van der Waals surface area contributed by atoms with Crippen molar-refractivity contribution in [2.24, 2.45) is 0 Å². The predicted molar refractivity (Wildman–Crippen MR) is 77.4 cm³/mol. The topological polar surface area (TPSA) is 110 Å². The lowest BCUT2D eigenvalue weighted by molar-refractivity contribution is -0.116. The van der Waals surface area contributed by atoms with Crippen LogP contribution < -0.4 is 21.3 Å². The maximum atomic E-state index is 12.2. The monoisotopic (exact) mass is 286 g/mol. The van der Waals surface area contributed by atoms with E-state index in [0.29, 0.717) is 11.3 Å². The SMILES string of the molecule is COc1cccc([C@H]2CC(=O)Nc3nc(N)[nH]c(=O)c32)c1. The highest BCUT2D eigenvalue weighted by atomic mass is 16.5. The summed E-state index contributed by atoms with van der Waals surface area (Å²) in [5.74, 6) is 0.291. The van der Waals surface area contributed by atoms with Crippen LogP contribution in [0.4, 0.5) is 11.8 Å². The summed E-state index contributed by atoms with van der Waals surface area (Å²) in [6.45, 7) is 0. The Labute approximate surface area is 120 Å². The van der Waals surface area contributed by atoms with Crippen LogP contribution in [0.5, 0.6) is 5.75 Å². The fraction of sp³-hybridized carbons (Fsp3) is 0.214. The molecule has 0 radical (unpaired) electrons. The van der Waals surface area contributed by atoms with Crippen LogP contribution in [-0.2, 0) is 4.79 Å². The minimum Gasteiger partial charge on any atom is -0.497 e. The summed E-state index contributed by atoms with van der Waals surface area (Å²) in [6, 6.07) is 7.28. The van der Waals surface area contributed by atoms with Gasteiger partial charge in [0.25, 0.3) is 5.56 Å². The number of benzene rings is 1. The van der Waals surface area contributed by atoms with Crippen molar-refractivity contribution in [2.45, 2.75) is 12.3 Å². The first kappa shape index (κ1) is 13.2. The molecule has 0 aliphatic carbocycles. The molecule has 1 aliphatic rings. The Morgan fingerprint density at radius 3 is 2.95 bits per heavy atom. The van der Waals surface area contributed by atoms with Crippen LogP contribution in [0, 0.1) is 0 Å². The summed E-state index contributed by atoms with van der Waals surface area (Å²) in [7, 11) is 1.57. The first-order valence-electron chi connectivity index (χ1n) is 6.42. The van der Waals surface area contributed by atoms with Gasteiger partial charge in [-0.3, -0.25) is 14.6 Å². The lowest BCUT2D eigenvalue weighted by atomic mass is 9.87. The Morgan fingerprint density at radius 1 is 1.38 bits per heavy atom. The fourth-order valence-corrected chi connectivity index (χ4v) is 2.53. The zero-order valence-electron chi connectivity index (χ0n) is 11.3. The zero-order valence-corrected chi connectivity index (χ0v) is 11.3. The van der Waals surface area contributed by atoms with Crippen molar-refractivity contribution in [3.63, 3.8) is 0 Å². The minimum absolute atomic E-state index is 0.0228. The summed E-state index contributed by atoms with van der Waals surface area (Å²) >= 11 is 0. The number of methoxy groups -OCH3 is 1. The number of nitrogens with zero attached hydrogens (tertiary/aromatic N) is 1. The molecule has 0 unspecified atom stereocenters. The van der Waals surface area contributed by atoms with Gasteiger partial charge in [-0.2, -0.15) is 4.98 Å². The highest BCUT2D eigenvalue weighted by Crippen LogP contribution is 2.34. The number of rotatable bonds is 2. The number of nitrogen functional groups attached to an aromatic ring is 1. The fourth-order valence-electron chi connectivity index (χ4n) is 2.53. The number of ether oxygens (including phenoxy) is 1. The van der Waals surface area contributed by atoms with E-state index in [4.69, 9.17) is 10.5 Å². The molecule has 3 rings (SSSR count). The van der Waals surface area contributed by atoms with E-state index in [2.05, 4.69) is 15.3 Å². The Kier molecular flexibility index (Phi) is 3.09. The number of H-pyrrole nitrogens is 1. The average molecular weight is 286 g/mol.